The van der Waals surface area contributed by atoms with Crippen molar-refractivity contribution in [1.82, 2.24) is 0 Å². The zero-order valence-electron chi connectivity index (χ0n) is 14.4. The summed E-state index contributed by atoms with van der Waals surface area (Å²) in [4.78, 5) is 36.1. The number of carbonyl (C=O) groups is 2. The van der Waals surface area contributed by atoms with Crippen molar-refractivity contribution >= 4 is 62.2 Å². The largest absolute Gasteiger partial charge is 0.320 e. The highest BCUT2D eigenvalue weighted by molar-refractivity contribution is 9.10. The van der Waals surface area contributed by atoms with E-state index in [2.05, 4.69) is 21.2 Å². The van der Waals surface area contributed by atoms with Gasteiger partial charge in [0, 0.05) is 11.5 Å². The predicted octanol–water partition coefficient (Wildman–Crippen LogP) is 5.00. The number of alkyl halides is 1. The van der Waals surface area contributed by atoms with E-state index in [1.54, 1.807) is 0 Å². The molecule has 0 heterocycles. The van der Waals surface area contributed by atoms with E-state index < -0.39 is 31.9 Å². The first kappa shape index (κ1) is 19.6. The van der Waals surface area contributed by atoms with E-state index >= 15 is 0 Å². The van der Waals surface area contributed by atoms with Crippen LogP contribution in [0.5, 0.6) is 0 Å². The highest BCUT2D eigenvalue weighted by atomic mass is 79.9. The minimum atomic E-state index is -1.00. The van der Waals surface area contributed by atoms with Gasteiger partial charge in [-0.15, -0.1) is 0 Å². The maximum absolute atomic E-state index is 13.3. The molecule has 3 rings (SSSR count). The molecular formula is C17H17BrCl2N2O4. The minimum absolute atomic E-state index is 0.00691. The van der Waals surface area contributed by atoms with Gasteiger partial charge in [-0.2, -0.15) is 0 Å². The molecular weight excluding hydrogens is 447 g/mol. The van der Waals surface area contributed by atoms with E-state index in [1.807, 2.05) is 20.8 Å². The van der Waals surface area contributed by atoms with E-state index in [0.717, 1.165) is 6.07 Å². The lowest BCUT2D eigenvalue weighted by molar-refractivity contribution is -0.383. The van der Waals surface area contributed by atoms with Crippen LogP contribution in [0.4, 0.5) is 11.4 Å². The zero-order chi connectivity index (χ0) is 19.7. The fraction of sp³-hybridized carbons (Fsp3) is 0.529. The molecule has 2 bridgehead atoms. The third kappa shape index (κ3) is 2.23. The number of nitrogens with one attached hydrogen (secondary N) is 1. The van der Waals surface area contributed by atoms with Gasteiger partial charge in [0.15, 0.2) is 5.78 Å². The van der Waals surface area contributed by atoms with Crippen LogP contribution in [-0.2, 0) is 9.59 Å². The second kappa shape index (κ2) is 5.91. The van der Waals surface area contributed by atoms with E-state index in [4.69, 9.17) is 23.2 Å². The molecule has 2 saturated carbocycles. The van der Waals surface area contributed by atoms with Crippen LogP contribution >= 0.6 is 39.1 Å². The lowest BCUT2D eigenvalue weighted by atomic mass is 9.64. The summed E-state index contributed by atoms with van der Waals surface area (Å²) in [7, 11) is 0. The second-order valence-electron chi connectivity index (χ2n) is 7.65. The lowest BCUT2D eigenvalue weighted by Gasteiger charge is -2.39. The third-order valence-corrected chi connectivity index (χ3v) is 8.53. The van der Waals surface area contributed by atoms with Crippen LogP contribution in [0.2, 0.25) is 10.0 Å². The number of benzene rings is 1. The van der Waals surface area contributed by atoms with Crippen molar-refractivity contribution in [2.75, 3.05) is 5.32 Å². The predicted molar refractivity (Wildman–Crippen MR) is 103 cm³/mol. The first-order chi connectivity index (χ1) is 11.9. The maximum atomic E-state index is 13.3. The van der Waals surface area contributed by atoms with Crippen LogP contribution < -0.4 is 5.32 Å². The average molecular weight is 464 g/mol. The molecule has 0 radical (unpaired) electrons. The first-order valence-electron chi connectivity index (χ1n) is 8.03. The summed E-state index contributed by atoms with van der Waals surface area (Å²) in [5.41, 5.74) is -2.62. The number of nitro groups is 1. The molecule has 26 heavy (non-hydrogen) atoms. The molecule has 2 fully saturated rings. The van der Waals surface area contributed by atoms with Crippen LogP contribution in [0, 0.1) is 26.4 Å². The van der Waals surface area contributed by atoms with Gasteiger partial charge in [-0.1, -0.05) is 59.9 Å². The third-order valence-electron chi connectivity index (χ3n) is 6.61. The standard InChI is InChI=1S/C17H17BrCl2N2O4/c1-15(2)16(3)4-5-17(15,12(18)13(16)23)14(24)21-10-6-8(19)9(20)7-11(10)22(25)26/h6-7,12H,4-5H2,1-3H3,(H,21,24). The number of carbonyl (C=O) groups excluding carboxylic acids is 2. The molecule has 3 atom stereocenters. The number of ketones is 1. The highest BCUT2D eigenvalue weighted by Crippen LogP contribution is 2.72. The summed E-state index contributed by atoms with van der Waals surface area (Å²) >= 11 is 15.3. The summed E-state index contributed by atoms with van der Waals surface area (Å²) in [6, 6.07) is 2.37. The number of hydrogen-bond donors (Lipinski definition) is 1. The Morgan fingerprint density at radius 1 is 1.27 bits per heavy atom. The van der Waals surface area contributed by atoms with E-state index in [1.165, 1.54) is 6.07 Å². The molecule has 1 N–H and O–H groups in total. The zero-order valence-corrected chi connectivity index (χ0v) is 17.5. The molecule has 1 amide bonds. The van der Waals surface area contributed by atoms with Crippen LogP contribution in [0.3, 0.4) is 0 Å². The van der Waals surface area contributed by atoms with Gasteiger partial charge in [-0.25, -0.2) is 0 Å². The highest BCUT2D eigenvalue weighted by Gasteiger charge is 2.76. The van der Waals surface area contributed by atoms with Crippen LogP contribution in [-0.4, -0.2) is 21.4 Å². The van der Waals surface area contributed by atoms with Crippen LogP contribution in [0.15, 0.2) is 12.1 Å². The van der Waals surface area contributed by atoms with Gasteiger partial charge in [-0.05, 0) is 24.3 Å². The lowest BCUT2D eigenvalue weighted by Crippen LogP contribution is -2.48. The number of rotatable bonds is 3. The number of halogens is 3. The average Bonchev–Trinajstić information content (AvgIpc) is 2.82. The Kier molecular flexibility index (Phi) is 4.45. The van der Waals surface area contributed by atoms with Crippen molar-refractivity contribution in [2.24, 2.45) is 16.2 Å². The van der Waals surface area contributed by atoms with E-state index in [-0.39, 0.29) is 27.2 Å². The number of hydrogen-bond acceptors (Lipinski definition) is 4. The van der Waals surface area contributed by atoms with Gasteiger partial charge in [-0.3, -0.25) is 19.7 Å². The minimum Gasteiger partial charge on any atom is -0.320 e. The molecule has 0 saturated heterocycles. The van der Waals surface area contributed by atoms with Gasteiger partial charge >= 0.3 is 0 Å². The fourth-order valence-electron chi connectivity index (χ4n) is 4.48. The van der Waals surface area contributed by atoms with Crippen LogP contribution in [0.25, 0.3) is 0 Å². The number of nitrogens with zero attached hydrogens (tertiary/aromatic N) is 1. The van der Waals surface area contributed by atoms with Gasteiger partial charge in [0.05, 0.1) is 25.2 Å². The molecule has 0 spiro atoms. The van der Waals surface area contributed by atoms with Crippen molar-refractivity contribution in [1.29, 1.82) is 0 Å². The molecule has 3 unspecified atom stereocenters. The quantitative estimate of drug-likeness (QED) is 0.388. The Balaban J connectivity index is 2.06. The molecule has 2 aliphatic rings. The molecule has 1 aromatic rings. The molecule has 6 nitrogen and oxygen atoms in total. The van der Waals surface area contributed by atoms with Crippen molar-refractivity contribution in [3.63, 3.8) is 0 Å². The number of amides is 1. The van der Waals surface area contributed by atoms with Gasteiger partial charge < -0.3 is 5.32 Å². The smallest absolute Gasteiger partial charge is 0.294 e. The summed E-state index contributed by atoms with van der Waals surface area (Å²) in [6.07, 6.45) is 1.11. The monoisotopic (exact) mass is 462 g/mol. The Morgan fingerprint density at radius 3 is 2.35 bits per heavy atom. The van der Waals surface area contributed by atoms with Gasteiger partial charge in [0.1, 0.15) is 5.69 Å². The topological polar surface area (TPSA) is 89.3 Å². The first-order valence-corrected chi connectivity index (χ1v) is 9.70. The SMILES string of the molecule is CC12CCC(C(=O)Nc3cc(Cl)c(Cl)cc3[N+](=O)[O-])(C(Br)C1=O)C2(C)C. The number of anilines is 1. The van der Waals surface area contributed by atoms with Crippen LogP contribution in [0.1, 0.15) is 33.6 Å². The van der Waals surface area contributed by atoms with Crippen molar-refractivity contribution < 1.29 is 14.5 Å². The Labute approximate surface area is 168 Å². The van der Waals surface area contributed by atoms with Gasteiger partial charge in [0.2, 0.25) is 5.91 Å². The summed E-state index contributed by atoms with van der Waals surface area (Å²) in [5, 5.41) is 14.1. The molecule has 9 heteroatoms. The van der Waals surface area contributed by atoms with E-state index in [0.29, 0.717) is 12.8 Å². The Bertz CT molecular complexity index is 859. The van der Waals surface area contributed by atoms with Gasteiger partial charge in [0.25, 0.3) is 5.69 Å². The molecule has 0 aromatic heterocycles. The Hall–Kier alpha value is -1.18. The molecule has 2 aliphatic carbocycles. The molecule has 0 aliphatic heterocycles. The van der Waals surface area contributed by atoms with Crippen molar-refractivity contribution in [3.8, 4) is 0 Å². The summed E-state index contributed by atoms with van der Waals surface area (Å²) < 4.78 is 0. The fourth-order valence-corrected chi connectivity index (χ4v) is 6.31. The summed E-state index contributed by atoms with van der Waals surface area (Å²) in [5.74, 6) is -0.437. The molecule has 140 valence electrons. The summed E-state index contributed by atoms with van der Waals surface area (Å²) in [6.45, 7) is 5.69. The second-order valence-corrected chi connectivity index (χ2v) is 9.38. The number of Topliss-reactive ketones (excluding diaryl/α,β-unsaturated/α-hetero) is 1. The Morgan fingerprint density at radius 2 is 1.85 bits per heavy atom. The number of nitro benzene ring substituents is 1. The number of fused-ring (bicyclic) bond motifs is 2. The van der Waals surface area contributed by atoms with Crippen molar-refractivity contribution in [3.05, 3.63) is 32.3 Å². The normalized spacial score (nSPS) is 31.9. The van der Waals surface area contributed by atoms with E-state index in [9.17, 15) is 19.7 Å². The molecule has 1 aromatic carbocycles. The maximum Gasteiger partial charge on any atom is 0.294 e. The van der Waals surface area contributed by atoms with Crippen molar-refractivity contribution in [2.45, 2.75) is 38.4 Å².